The molecule has 1 aliphatic carbocycles. The molecule has 1 aromatic rings. The van der Waals surface area contributed by atoms with Gasteiger partial charge < -0.3 is 5.32 Å². The van der Waals surface area contributed by atoms with Crippen molar-refractivity contribution in [3.8, 4) is 0 Å². The maximum absolute atomic E-state index is 4.68. The molecule has 2 unspecified atom stereocenters. The van der Waals surface area contributed by atoms with Crippen molar-refractivity contribution in [2.24, 2.45) is 11.8 Å². The molecule has 0 bridgehead atoms. The first kappa shape index (κ1) is 13.6. The summed E-state index contributed by atoms with van der Waals surface area (Å²) < 4.78 is 2.07. The third-order valence-corrected chi connectivity index (χ3v) is 4.14. The lowest BCUT2D eigenvalue weighted by Gasteiger charge is -2.18. The number of aromatic nitrogens is 2. The molecule has 0 spiro atoms. The highest BCUT2D eigenvalue weighted by Gasteiger charge is 2.27. The average molecular weight is 249 g/mol. The first-order valence-electron chi connectivity index (χ1n) is 7.45. The summed E-state index contributed by atoms with van der Waals surface area (Å²) in [5, 5.41) is 8.19. The molecule has 0 aliphatic heterocycles. The van der Waals surface area contributed by atoms with Crippen molar-refractivity contribution in [3.63, 3.8) is 0 Å². The Hall–Kier alpha value is -0.830. The third kappa shape index (κ3) is 3.35. The monoisotopic (exact) mass is 249 g/mol. The summed E-state index contributed by atoms with van der Waals surface area (Å²) in [6.07, 6.45) is 7.45. The van der Waals surface area contributed by atoms with Gasteiger partial charge in [0.25, 0.3) is 0 Å². The van der Waals surface area contributed by atoms with Gasteiger partial charge in [0.05, 0.1) is 5.69 Å². The average Bonchev–Trinajstić information content (AvgIpc) is 2.96. The molecule has 1 fully saturated rings. The zero-order valence-electron chi connectivity index (χ0n) is 12.0. The second-order valence-corrected chi connectivity index (χ2v) is 5.84. The number of rotatable bonds is 6. The lowest BCUT2D eigenvalue weighted by molar-refractivity contribution is 0.363. The van der Waals surface area contributed by atoms with E-state index in [-0.39, 0.29) is 0 Å². The predicted octanol–water partition coefficient (Wildman–Crippen LogP) is 3.03. The Morgan fingerprint density at radius 1 is 1.39 bits per heavy atom. The van der Waals surface area contributed by atoms with E-state index in [4.69, 9.17) is 0 Å². The van der Waals surface area contributed by atoms with Gasteiger partial charge in [-0.3, -0.25) is 4.68 Å². The van der Waals surface area contributed by atoms with Gasteiger partial charge in [-0.2, -0.15) is 5.10 Å². The van der Waals surface area contributed by atoms with E-state index in [1.165, 1.54) is 31.5 Å². The Morgan fingerprint density at radius 3 is 2.83 bits per heavy atom. The van der Waals surface area contributed by atoms with Crippen LogP contribution in [0.3, 0.4) is 0 Å². The zero-order chi connectivity index (χ0) is 13.0. The molecule has 0 amide bonds. The molecule has 0 radical (unpaired) electrons. The van der Waals surface area contributed by atoms with Crippen LogP contribution >= 0.6 is 0 Å². The quantitative estimate of drug-likeness (QED) is 0.840. The van der Waals surface area contributed by atoms with Gasteiger partial charge in [0.2, 0.25) is 0 Å². The van der Waals surface area contributed by atoms with Crippen LogP contribution in [-0.4, -0.2) is 22.9 Å². The van der Waals surface area contributed by atoms with Crippen LogP contribution in [0.2, 0.25) is 0 Å². The maximum Gasteiger partial charge on any atom is 0.0627 e. The molecule has 18 heavy (non-hydrogen) atoms. The minimum atomic E-state index is 0.472. The lowest BCUT2D eigenvalue weighted by atomic mass is 9.91. The van der Waals surface area contributed by atoms with Gasteiger partial charge in [-0.05, 0) is 64.1 Å². The highest BCUT2D eigenvalue weighted by Crippen LogP contribution is 2.33. The first-order chi connectivity index (χ1) is 8.70. The van der Waals surface area contributed by atoms with Crippen LogP contribution in [0.5, 0.6) is 0 Å². The van der Waals surface area contributed by atoms with Crippen LogP contribution in [0.4, 0.5) is 0 Å². The van der Waals surface area contributed by atoms with Crippen LogP contribution in [0.15, 0.2) is 12.3 Å². The third-order valence-electron chi connectivity index (χ3n) is 4.14. The van der Waals surface area contributed by atoms with Crippen molar-refractivity contribution in [2.45, 2.75) is 52.5 Å². The molecule has 0 aromatic carbocycles. The summed E-state index contributed by atoms with van der Waals surface area (Å²) in [5.74, 6) is 1.69. The molecule has 3 heteroatoms. The van der Waals surface area contributed by atoms with Gasteiger partial charge in [-0.1, -0.05) is 13.3 Å². The van der Waals surface area contributed by atoms with Crippen molar-refractivity contribution in [1.29, 1.82) is 0 Å². The Labute approximate surface area is 111 Å². The highest BCUT2D eigenvalue weighted by molar-refractivity contribution is 5.02. The zero-order valence-corrected chi connectivity index (χ0v) is 12.0. The fourth-order valence-electron chi connectivity index (χ4n) is 3.02. The molecule has 1 aromatic heterocycles. The molecule has 2 atom stereocenters. The number of hydrogen-bond donors (Lipinski definition) is 1. The van der Waals surface area contributed by atoms with Gasteiger partial charge in [0.1, 0.15) is 0 Å². The Morgan fingerprint density at radius 2 is 2.17 bits per heavy atom. The Kier molecular flexibility index (Phi) is 4.81. The van der Waals surface area contributed by atoms with Crippen LogP contribution in [0.1, 0.15) is 51.8 Å². The molecular formula is C15H27N3. The van der Waals surface area contributed by atoms with Gasteiger partial charge in [-0.25, -0.2) is 0 Å². The van der Waals surface area contributed by atoms with E-state index in [0.29, 0.717) is 6.04 Å². The first-order valence-corrected chi connectivity index (χ1v) is 7.45. The van der Waals surface area contributed by atoms with E-state index in [1.54, 1.807) is 0 Å². The van der Waals surface area contributed by atoms with E-state index in [2.05, 4.69) is 48.1 Å². The minimum absolute atomic E-state index is 0.472. The summed E-state index contributed by atoms with van der Waals surface area (Å²) >= 11 is 0. The summed E-state index contributed by atoms with van der Waals surface area (Å²) in [4.78, 5) is 0. The van der Waals surface area contributed by atoms with Crippen molar-refractivity contribution in [3.05, 3.63) is 18.0 Å². The second-order valence-electron chi connectivity index (χ2n) is 5.84. The fourth-order valence-corrected chi connectivity index (χ4v) is 3.02. The van der Waals surface area contributed by atoms with Crippen molar-refractivity contribution in [1.82, 2.24) is 15.1 Å². The van der Waals surface area contributed by atoms with Gasteiger partial charge in [0, 0.05) is 12.2 Å². The molecule has 1 N–H and O–H groups in total. The van der Waals surface area contributed by atoms with E-state index < -0.39 is 0 Å². The van der Waals surface area contributed by atoms with Crippen LogP contribution in [-0.2, 0) is 6.42 Å². The predicted molar refractivity (Wildman–Crippen MR) is 75.7 cm³/mol. The van der Waals surface area contributed by atoms with Crippen molar-refractivity contribution in [2.75, 3.05) is 13.1 Å². The topological polar surface area (TPSA) is 29.9 Å². The Balaban J connectivity index is 1.90. The summed E-state index contributed by atoms with van der Waals surface area (Å²) in [6.45, 7) is 8.83. The van der Waals surface area contributed by atoms with Crippen LogP contribution < -0.4 is 5.32 Å². The molecule has 3 nitrogen and oxygen atoms in total. The molecule has 1 heterocycles. The number of hydrogen-bond acceptors (Lipinski definition) is 2. The van der Waals surface area contributed by atoms with E-state index in [1.807, 2.05) is 0 Å². The van der Waals surface area contributed by atoms with Crippen molar-refractivity contribution < 1.29 is 0 Å². The van der Waals surface area contributed by atoms with Crippen LogP contribution in [0.25, 0.3) is 0 Å². The molecule has 1 aliphatic rings. The standard InChI is InChI=1S/C15H27N3/c1-4-16-11-14-7-5-6-13(14)10-15-8-9-18(17-15)12(2)3/h8-9,12-14,16H,4-7,10-11H2,1-3H3. The van der Waals surface area contributed by atoms with E-state index in [9.17, 15) is 0 Å². The molecule has 102 valence electrons. The number of nitrogens with zero attached hydrogens (tertiary/aromatic N) is 2. The SMILES string of the molecule is CCNCC1CCCC1Cc1ccn(C(C)C)n1. The van der Waals surface area contributed by atoms with E-state index >= 15 is 0 Å². The maximum atomic E-state index is 4.68. The summed E-state index contributed by atoms with van der Waals surface area (Å²) in [5.41, 5.74) is 1.28. The lowest BCUT2D eigenvalue weighted by Crippen LogP contribution is -2.26. The largest absolute Gasteiger partial charge is 0.317 e. The van der Waals surface area contributed by atoms with Gasteiger partial charge in [0.15, 0.2) is 0 Å². The van der Waals surface area contributed by atoms with E-state index in [0.717, 1.165) is 24.8 Å². The fraction of sp³-hybridized carbons (Fsp3) is 0.800. The summed E-state index contributed by atoms with van der Waals surface area (Å²) in [6, 6.07) is 2.67. The molecule has 2 rings (SSSR count). The second kappa shape index (κ2) is 6.37. The molecule has 0 saturated heterocycles. The van der Waals surface area contributed by atoms with Gasteiger partial charge >= 0.3 is 0 Å². The minimum Gasteiger partial charge on any atom is -0.317 e. The normalized spacial score (nSPS) is 24.0. The van der Waals surface area contributed by atoms with Gasteiger partial charge in [-0.15, -0.1) is 0 Å². The van der Waals surface area contributed by atoms with Crippen LogP contribution in [0, 0.1) is 11.8 Å². The highest BCUT2D eigenvalue weighted by atomic mass is 15.3. The Bertz CT molecular complexity index is 356. The smallest absolute Gasteiger partial charge is 0.0627 e. The summed E-state index contributed by atoms with van der Waals surface area (Å²) in [7, 11) is 0. The number of nitrogens with one attached hydrogen (secondary N) is 1. The molecule has 1 saturated carbocycles. The van der Waals surface area contributed by atoms with Crippen molar-refractivity contribution >= 4 is 0 Å². The molecular weight excluding hydrogens is 222 g/mol.